The summed E-state index contributed by atoms with van der Waals surface area (Å²) >= 11 is 0. The number of carbonyl (C=O) groups is 1. The standard InChI is InChI=1S/C17H22O3/c1-17(2,3)20-16(18)14(15-10-7-11-19-15)12-13-8-5-4-6-9-13/h4-6,8-9H,7,10-12H2,1-3H3/b15-14+. The molecule has 1 aromatic rings. The van der Waals surface area contributed by atoms with E-state index in [2.05, 4.69) is 0 Å². The summed E-state index contributed by atoms with van der Waals surface area (Å²) in [4.78, 5) is 12.4. The third-order valence-electron chi connectivity index (χ3n) is 3.03. The van der Waals surface area contributed by atoms with Crippen molar-refractivity contribution in [3.05, 3.63) is 47.2 Å². The summed E-state index contributed by atoms with van der Waals surface area (Å²) in [5.41, 5.74) is 1.26. The second-order valence-corrected chi connectivity index (χ2v) is 6.02. The predicted molar refractivity (Wildman–Crippen MR) is 78.2 cm³/mol. The van der Waals surface area contributed by atoms with E-state index in [0.29, 0.717) is 18.6 Å². The van der Waals surface area contributed by atoms with Gasteiger partial charge in [0.25, 0.3) is 0 Å². The SMILES string of the molecule is CC(C)(C)OC(=O)/C(Cc1ccccc1)=C1\CCCO1. The van der Waals surface area contributed by atoms with Crippen molar-refractivity contribution in [1.82, 2.24) is 0 Å². The molecular weight excluding hydrogens is 252 g/mol. The number of esters is 1. The Kier molecular flexibility index (Phi) is 4.48. The molecule has 2 rings (SSSR count). The van der Waals surface area contributed by atoms with Crippen LogP contribution >= 0.6 is 0 Å². The van der Waals surface area contributed by atoms with Gasteiger partial charge in [-0.1, -0.05) is 30.3 Å². The molecule has 1 aliphatic heterocycles. The van der Waals surface area contributed by atoms with Crippen molar-refractivity contribution in [3.8, 4) is 0 Å². The Morgan fingerprint density at radius 3 is 2.50 bits per heavy atom. The Hall–Kier alpha value is -1.77. The van der Waals surface area contributed by atoms with Gasteiger partial charge in [0.05, 0.1) is 12.2 Å². The maximum absolute atomic E-state index is 12.4. The lowest BCUT2D eigenvalue weighted by atomic mass is 10.0. The number of carbonyl (C=O) groups excluding carboxylic acids is 1. The van der Waals surface area contributed by atoms with E-state index in [9.17, 15) is 4.79 Å². The molecule has 1 heterocycles. The molecule has 3 heteroatoms. The molecule has 0 N–H and O–H groups in total. The summed E-state index contributed by atoms with van der Waals surface area (Å²) in [5.74, 6) is 0.529. The zero-order valence-corrected chi connectivity index (χ0v) is 12.4. The van der Waals surface area contributed by atoms with Gasteiger partial charge in [-0.05, 0) is 32.8 Å². The summed E-state index contributed by atoms with van der Waals surface area (Å²) in [6, 6.07) is 9.94. The van der Waals surface area contributed by atoms with Gasteiger partial charge in [-0.3, -0.25) is 0 Å². The quantitative estimate of drug-likeness (QED) is 0.623. The third-order valence-corrected chi connectivity index (χ3v) is 3.03. The van der Waals surface area contributed by atoms with Crippen LogP contribution in [0, 0.1) is 0 Å². The largest absolute Gasteiger partial charge is 0.497 e. The number of benzene rings is 1. The van der Waals surface area contributed by atoms with Crippen LogP contribution in [-0.2, 0) is 20.7 Å². The van der Waals surface area contributed by atoms with Gasteiger partial charge < -0.3 is 9.47 Å². The van der Waals surface area contributed by atoms with Gasteiger partial charge in [0.2, 0.25) is 0 Å². The zero-order valence-electron chi connectivity index (χ0n) is 12.4. The van der Waals surface area contributed by atoms with Gasteiger partial charge in [-0.2, -0.15) is 0 Å². The molecule has 108 valence electrons. The summed E-state index contributed by atoms with van der Waals surface area (Å²) in [7, 11) is 0. The minimum atomic E-state index is -0.488. The minimum absolute atomic E-state index is 0.266. The second kappa shape index (κ2) is 6.12. The highest BCUT2D eigenvalue weighted by atomic mass is 16.6. The molecule has 0 bridgehead atoms. The fourth-order valence-electron chi connectivity index (χ4n) is 2.16. The summed E-state index contributed by atoms with van der Waals surface area (Å²) < 4.78 is 11.1. The number of hydrogen-bond acceptors (Lipinski definition) is 3. The summed E-state index contributed by atoms with van der Waals surface area (Å²) in [6.07, 6.45) is 2.35. The number of rotatable bonds is 3. The lowest BCUT2D eigenvalue weighted by Gasteiger charge is -2.21. The molecule has 0 aliphatic carbocycles. The molecule has 0 atom stereocenters. The molecule has 1 fully saturated rings. The molecule has 0 aromatic heterocycles. The molecule has 0 amide bonds. The zero-order chi connectivity index (χ0) is 14.6. The van der Waals surface area contributed by atoms with Crippen molar-refractivity contribution >= 4 is 5.97 Å². The van der Waals surface area contributed by atoms with Crippen molar-refractivity contribution < 1.29 is 14.3 Å². The average Bonchev–Trinajstić information content (AvgIpc) is 2.88. The van der Waals surface area contributed by atoms with Gasteiger partial charge in [0.15, 0.2) is 0 Å². The van der Waals surface area contributed by atoms with E-state index in [0.717, 1.165) is 24.2 Å². The van der Waals surface area contributed by atoms with Gasteiger partial charge in [0.1, 0.15) is 11.4 Å². The van der Waals surface area contributed by atoms with Crippen LogP contribution in [0.5, 0.6) is 0 Å². The van der Waals surface area contributed by atoms with Crippen molar-refractivity contribution in [2.24, 2.45) is 0 Å². The molecule has 0 unspecified atom stereocenters. The van der Waals surface area contributed by atoms with Gasteiger partial charge in [-0.25, -0.2) is 4.79 Å². The topological polar surface area (TPSA) is 35.5 Å². The second-order valence-electron chi connectivity index (χ2n) is 6.02. The molecular formula is C17H22O3. The van der Waals surface area contributed by atoms with Crippen LogP contribution in [0.1, 0.15) is 39.2 Å². The Morgan fingerprint density at radius 2 is 1.95 bits per heavy atom. The normalized spacial score (nSPS) is 17.6. The fraction of sp³-hybridized carbons (Fsp3) is 0.471. The first-order chi connectivity index (χ1) is 9.46. The number of hydrogen-bond donors (Lipinski definition) is 0. The van der Waals surface area contributed by atoms with Gasteiger partial charge >= 0.3 is 5.97 Å². The molecule has 3 nitrogen and oxygen atoms in total. The van der Waals surface area contributed by atoms with Crippen LogP contribution in [0.2, 0.25) is 0 Å². The minimum Gasteiger partial charge on any atom is -0.497 e. The van der Waals surface area contributed by atoms with E-state index in [1.54, 1.807) is 0 Å². The molecule has 0 spiro atoms. The van der Waals surface area contributed by atoms with Crippen molar-refractivity contribution in [1.29, 1.82) is 0 Å². The van der Waals surface area contributed by atoms with Crippen LogP contribution < -0.4 is 0 Å². The highest BCUT2D eigenvalue weighted by Gasteiger charge is 2.25. The Morgan fingerprint density at radius 1 is 1.25 bits per heavy atom. The lowest BCUT2D eigenvalue weighted by molar-refractivity contribution is -0.150. The monoisotopic (exact) mass is 274 g/mol. The van der Waals surface area contributed by atoms with Crippen LogP contribution in [0.3, 0.4) is 0 Å². The van der Waals surface area contributed by atoms with Gasteiger partial charge in [0, 0.05) is 12.8 Å². The first-order valence-electron chi connectivity index (χ1n) is 7.08. The van der Waals surface area contributed by atoms with E-state index in [-0.39, 0.29) is 5.97 Å². The van der Waals surface area contributed by atoms with Crippen LogP contribution in [0.25, 0.3) is 0 Å². The molecule has 0 radical (unpaired) electrons. The molecule has 0 saturated carbocycles. The molecule has 1 aromatic carbocycles. The Labute approximate surface area is 120 Å². The fourth-order valence-corrected chi connectivity index (χ4v) is 2.16. The highest BCUT2D eigenvalue weighted by molar-refractivity contribution is 5.90. The third kappa shape index (κ3) is 4.12. The van der Waals surface area contributed by atoms with Crippen LogP contribution in [0.4, 0.5) is 0 Å². The van der Waals surface area contributed by atoms with E-state index in [1.165, 1.54) is 0 Å². The van der Waals surface area contributed by atoms with Crippen molar-refractivity contribution in [3.63, 3.8) is 0 Å². The van der Waals surface area contributed by atoms with Crippen LogP contribution in [-0.4, -0.2) is 18.2 Å². The van der Waals surface area contributed by atoms with E-state index >= 15 is 0 Å². The Bertz CT molecular complexity index is 487. The predicted octanol–water partition coefficient (Wildman–Crippen LogP) is 3.64. The smallest absolute Gasteiger partial charge is 0.338 e. The maximum atomic E-state index is 12.4. The molecule has 1 saturated heterocycles. The lowest BCUT2D eigenvalue weighted by Crippen LogP contribution is -2.26. The first kappa shape index (κ1) is 14.6. The first-order valence-corrected chi connectivity index (χ1v) is 7.08. The van der Waals surface area contributed by atoms with Crippen LogP contribution in [0.15, 0.2) is 41.7 Å². The summed E-state index contributed by atoms with van der Waals surface area (Å²) in [5, 5.41) is 0. The summed E-state index contributed by atoms with van der Waals surface area (Å²) in [6.45, 7) is 6.33. The molecule has 1 aliphatic rings. The van der Waals surface area contributed by atoms with Crippen molar-refractivity contribution in [2.75, 3.05) is 6.61 Å². The number of allylic oxidation sites excluding steroid dienone is 1. The highest BCUT2D eigenvalue weighted by Crippen LogP contribution is 2.25. The van der Waals surface area contributed by atoms with Crippen molar-refractivity contribution in [2.45, 2.75) is 45.6 Å². The average molecular weight is 274 g/mol. The Balaban J connectivity index is 2.22. The van der Waals surface area contributed by atoms with E-state index in [4.69, 9.17) is 9.47 Å². The molecule has 20 heavy (non-hydrogen) atoms. The van der Waals surface area contributed by atoms with E-state index < -0.39 is 5.60 Å². The van der Waals surface area contributed by atoms with Gasteiger partial charge in [-0.15, -0.1) is 0 Å². The number of ether oxygens (including phenoxy) is 2. The maximum Gasteiger partial charge on any atom is 0.338 e. The van der Waals surface area contributed by atoms with E-state index in [1.807, 2.05) is 51.1 Å².